The van der Waals surface area contributed by atoms with E-state index < -0.39 is 5.43 Å². The van der Waals surface area contributed by atoms with Crippen molar-refractivity contribution in [2.24, 2.45) is 0 Å². The van der Waals surface area contributed by atoms with E-state index in [1.54, 1.807) is 31.4 Å². The van der Waals surface area contributed by atoms with Crippen LogP contribution in [0.15, 0.2) is 53.3 Å². The van der Waals surface area contributed by atoms with Crippen LogP contribution in [0.1, 0.15) is 16.1 Å². The third-order valence-electron chi connectivity index (χ3n) is 3.41. The number of carbonyl (C=O) groups is 1. The summed E-state index contributed by atoms with van der Waals surface area (Å²) in [5.41, 5.74) is 0.831. The summed E-state index contributed by atoms with van der Waals surface area (Å²) in [7, 11) is 1.60. The number of rotatable bonds is 5. The maximum Gasteiger partial charge on any atom is 0.218 e. The number of aromatic nitrogens is 2. The fourth-order valence-electron chi connectivity index (χ4n) is 2.20. The lowest BCUT2D eigenvalue weighted by atomic mass is 10.2. The fraction of sp³-hybridized carbons (Fsp3) is 0.118. The van der Waals surface area contributed by atoms with Crippen molar-refractivity contribution < 1.29 is 14.4 Å². The molecule has 0 unspecified atom stereocenters. The Morgan fingerprint density at radius 2 is 1.87 bits per heavy atom. The van der Waals surface area contributed by atoms with Crippen molar-refractivity contribution in [3.63, 3.8) is 0 Å². The average Bonchev–Trinajstić information content (AvgIpc) is 2.62. The summed E-state index contributed by atoms with van der Waals surface area (Å²) in [6, 6.07) is 14.2. The van der Waals surface area contributed by atoms with Crippen molar-refractivity contribution in [3.05, 3.63) is 70.0 Å². The summed E-state index contributed by atoms with van der Waals surface area (Å²) in [6.45, 7) is 0.238. The molecular weight excluding hydrogens is 296 g/mol. The highest BCUT2D eigenvalue weighted by atomic mass is 16.7. The highest BCUT2D eigenvalue weighted by Crippen LogP contribution is 2.12. The average molecular weight is 310 g/mol. The largest absolute Gasteiger partial charge is 0.497 e. The second kappa shape index (κ2) is 6.31. The first-order valence-corrected chi connectivity index (χ1v) is 6.96. The molecule has 0 fully saturated rings. The summed E-state index contributed by atoms with van der Waals surface area (Å²) in [5.74, 6) is 0.754. The van der Waals surface area contributed by atoms with E-state index >= 15 is 0 Å². The van der Waals surface area contributed by atoms with Gasteiger partial charge in [-0.1, -0.05) is 29.1 Å². The summed E-state index contributed by atoms with van der Waals surface area (Å²) in [6.07, 6.45) is 0.433. The quantitative estimate of drug-likeness (QED) is 0.673. The lowest BCUT2D eigenvalue weighted by Crippen LogP contribution is -2.23. The Bertz CT molecular complexity index is 901. The molecule has 0 saturated heterocycles. The Balaban J connectivity index is 1.94. The van der Waals surface area contributed by atoms with Gasteiger partial charge in [-0.3, -0.25) is 9.59 Å². The van der Waals surface area contributed by atoms with Gasteiger partial charge >= 0.3 is 0 Å². The van der Waals surface area contributed by atoms with Crippen LogP contribution < -0.4 is 15.0 Å². The van der Waals surface area contributed by atoms with Crippen LogP contribution in [0.5, 0.6) is 5.75 Å². The van der Waals surface area contributed by atoms with Gasteiger partial charge in [0.15, 0.2) is 12.0 Å². The molecule has 6 heteroatoms. The van der Waals surface area contributed by atoms with Crippen LogP contribution in [0.25, 0.3) is 10.9 Å². The summed E-state index contributed by atoms with van der Waals surface area (Å²) in [5, 5.41) is 4.35. The van der Waals surface area contributed by atoms with Crippen molar-refractivity contribution in [3.8, 4) is 5.75 Å². The third kappa shape index (κ3) is 2.91. The molecule has 0 bridgehead atoms. The highest BCUT2D eigenvalue weighted by molar-refractivity contribution is 5.83. The van der Waals surface area contributed by atoms with E-state index in [2.05, 4.69) is 5.10 Å². The molecule has 3 rings (SSSR count). The minimum absolute atomic E-state index is 0.182. The van der Waals surface area contributed by atoms with E-state index in [-0.39, 0.29) is 12.3 Å². The zero-order valence-electron chi connectivity index (χ0n) is 12.4. The zero-order valence-corrected chi connectivity index (χ0v) is 12.4. The number of fused-ring (bicyclic) bond motifs is 1. The van der Waals surface area contributed by atoms with E-state index in [4.69, 9.17) is 9.57 Å². The van der Waals surface area contributed by atoms with Crippen LogP contribution >= 0.6 is 0 Å². The maximum absolute atomic E-state index is 12.1. The topological polar surface area (TPSA) is 70.4 Å². The molecule has 0 aliphatic heterocycles. The van der Waals surface area contributed by atoms with Gasteiger partial charge in [0, 0.05) is 0 Å². The van der Waals surface area contributed by atoms with Gasteiger partial charge in [-0.25, -0.2) is 0 Å². The molecule has 0 aliphatic rings. The van der Waals surface area contributed by atoms with Gasteiger partial charge in [-0.15, -0.1) is 5.10 Å². The van der Waals surface area contributed by atoms with E-state index in [9.17, 15) is 9.59 Å². The number of hydrogen-bond donors (Lipinski definition) is 0. The standard InChI is InChI=1S/C17H14N2O4/c1-22-13-8-6-12(7-9-13)11-23-19-16-5-3-2-4-14(16)17(21)15(10-20)18-19/h2-10H,11H2,1H3. The summed E-state index contributed by atoms with van der Waals surface area (Å²) < 4.78 is 5.10. The Kier molecular flexibility index (Phi) is 4.05. The van der Waals surface area contributed by atoms with E-state index in [1.165, 1.54) is 4.85 Å². The predicted octanol–water partition coefficient (Wildman–Crippen LogP) is 1.85. The maximum atomic E-state index is 12.1. The second-order valence-corrected chi connectivity index (χ2v) is 4.84. The van der Waals surface area contributed by atoms with Gasteiger partial charge in [-0.05, 0) is 29.8 Å². The minimum Gasteiger partial charge on any atom is -0.497 e. The Morgan fingerprint density at radius 3 is 2.57 bits per heavy atom. The SMILES string of the molecule is COc1ccc(COn2nc(C=O)c(=O)c3ccccc32)cc1. The number of aldehydes is 1. The van der Waals surface area contributed by atoms with Crippen LogP contribution in [0, 0.1) is 0 Å². The molecule has 0 radical (unpaired) electrons. The van der Waals surface area contributed by atoms with E-state index in [1.807, 2.05) is 24.3 Å². The molecule has 0 amide bonds. The molecule has 0 spiro atoms. The van der Waals surface area contributed by atoms with Crippen molar-refractivity contribution in [2.75, 3.05) is 7.11 Å². The molecule has 116 valence electrons. The smallest absolute Gasteiger partial charge is 0.218 e. The number of nitrogens with zero attached hydrogens (tertiary/aromatic N) is 2. The van der Waals surface area contributed by atoms with Crippen molar-refractivity contribution >= 4 is 17.2 Å². The summed E-state index contributed by atoms with van der Waals surface area (Å²) in [4.78, 5) is 30.0. The predicted molar refractivity (Wildman–Crippen MR) is 84.7 cm³/mol. The molecule has 2 aromatic carbocycles. The molecule has 1 aromatic heterocycles. The third-order valence-corrected chi connectivity index (χ3v) is 3.41. The first-order chi connectivity index (χ1) is 11.2. The van der Waals surface area contributed by atoms with Crippen LogP contribution in [0.2, 0.25) is 0 Å². The van der Waals surface area contributed by atoms with E-state index in [0.717, 1.165) is 11.3 Å². The van der Waals surface area contributed by atoms with Crippen molar-refractivity contribution in [2.45, 2.75) is 6.61 Å². The number of para-hydroxylation sites is 1. The molecule has 3 aromatic rings. The number of ether oxygens (including phenoxy) is 1. The van der Waals surface area contributed by atoms with Gasteiger partial charge in [0.05, 0.1) is 12.5 Å². The normalized spacial score (nSPS) is 10.5. The molecular formula is C17H14N2O4. The lowest BCUT2D eigenvalue weighted by molar-refractivity contribution is 0.0750. The van der Waals surface area contributed by atoms with Gasteiger partial charge in [0.1, 0.15) is 17.9 Å². The number of benzene rings is 2. The number of hydrogen-bond acceptors (Lipinski definition) is 5. The molecule has 23 heavy (non-hydrogen) atoms. The fourth-order valence-corrected chi connectivity index (χ4v) is 2.20. The van der Waals surface area contributed by atoms with Crippen LogP contribution in [-0.4, -0.2) is 23.3 Å². The molecule has 0 saturated carbocycles. The van der Waals surface area contributed by atoms with Gasteiger partial charge in [-0.2, -0.15) is 0 Å². The number of carbonyl (C=O) groups excluding carboxylic acids is 1. The zero-order chi connectivity index (χ0) is 16.2. The van der Waals surface area contributed by atoms with Crippen molar-refractivity contribution in [1.82, 2.24) is 9.94 Å². The molecule has 0 N–H and O–H groups in total. The molecule has 0 aliphatic carbocycles. The monoisotopic (exact) mass is 310 g/mol. The first-order valence-electron chi connectivity index (χ1n) is 6.96. The second-order valence-electron chi connectivity index (χ2n) is 4.84. The van der Waals surface area contributed by atoms with Crippen LogP contribution in [-0.2, 0) is 6.61 Å². The highest BCUT2D eigenvalue weighted by Gasteiger charge is 2.10. The Morgan fingerprint density at radius 1 is 1.13 bits per heavy atom. The molecule has 1 heterocycles. The summed E-state index contributed by atoms with van der Waals surface area (Å²) >= 11 is 0. The Hall–Kier alpha value is -3.15. The van der Waals surface area contributed by atoms with E-state index in [0.29, 0.717) is 17.2 Å². The van der Waals surface area contributed by atoms with Gasteiger partial charge in [0.2, 0.25) is 5.43 Å². The lowest BCUT2D eigenvalue weighted by Gasteiger charge is -2.11. The molecule has 0 atom stereocenters. The molecule has 6 nitrogen and oxygen atoms in total. The van der Waals surface area contributed by atoms with Gasteiger partial charge < -0.3 is 9.57 Å². The Labute approximate surface area is 131 Å². The minimum atomic E-state index is -0.403. The first kappa shape index (κ1) is 14.8. The van der Waals surface area contributed by atoms with Gasteiger partial charge in [0.25, 0.3) is 0 Å². The van der Waals surface area contributed by atoms with Crippen molar-refractivity contribution in [1.29, 1.82) is 0 Å². The number of methoxy groups -OCH3 is 1. The van der Waals surface area contributed by atoms with Crippen LogP contribution in [0.4, 0.5) is 0 Å². The van der Waals surface area contributed by atoms with Crippen LogP contribution in [0.3, 0.4) is 0 Å².